The highest BCUT2D eigenvalue weighted by Crippen LogP contribution is 2.06. The van der Waals surface area contributed by atoms with Crippen molar-refractivity contribution in [2.75, 3.05) is 13.1 Å². The van der Waals surface area contributed by atoms with Gasteiger partial charge in [-0.2, -0.15) is 0 Å². The van der Waals surface area contributed by atoms with Gasteiger partial charge in [0.1, 0.15) is 5.78 Å². The molecule has 1 amide bonds. The summed E-state index contributed by atoms with van der Waals surface area (Å²) in [5, 5.41) is 0. The number of hydrogen-bond donors (Lipinski definition) is 1. The first-order valence-electron chi connectivity index (χ1n) is 4.17. The Kier molecular flexibility index (Phi) is 2.81. The van der Waals surface area contributed by atoms with Crippen molar-refractivity contribution < 1.29 is 9.59 Å². The number of amides is 1. The number of ketones is 1. The molecule has 4 nitrogen and oxygen atoms in total. The molecule has 0 aromatic carbocycles. The molecule has 1 saturated heterocycles. The maximum atomic E-state index is 11.3. The predicted octanol–water partition coefficient (Wildman–Crippen LogP) is -0.475. The minimum Gasteiger partial charge on any atom is -0.340 e. The number of carbonyl (C=O) groups is 2. The lowest BCUT2D eigenvalue weighted by molar-refractivity contribution is -0.135. The summed E-state index contributed by atoms with van der Waals surface area (Å²) in [7, 11) is 0. The van der Waals surface area contributed by atoms with E-state index in [2.05, 4.69) is 0 Å². The van der Waals surface area contributed by atoms with Crippen LogP contribution >= 0.6 is 0 Å². The van der Waals surface area contributed by atoms with E-state index in [9.17, 15) is 9.59 Å². The molecule has 68 valence electrons. The van der Waals surface area contributed by atoms with E-state index >= 15 is 0 Å². The van der Waals surface area contributed by atoms with Crippen molar-refractivity contribution in [1.29, 1.82) is 0 Å². The molecule has 0 bridgehead atoms. The Balaban J connectivity index is 2.44. The Morgan fingerprint density at radius 2 is 2.00 bits per heavy atom. The van der Waals surface area contributed by atoms with E-state index in [1.807, 2.05) is 0 Å². The molecule has 0 aromatic rings. The van der Waals surface area contributed by atoms with E-state index in [1.54, 1.807) is 11.8 Å². The number of nitrogens with two attached hydrogens (primary N) is 1. The van der Waals surface area contributed by atoms with Crippen LogP contribution in [0.1, 0.15) is 19.8 Å². The first-order valence-corrected chi connectivity index (χ1v) is 4.17. The normalized spacial score (nSPS) is 20.8. The van der Waals surface area contributed by atoms with E-state index in [4.69, 9.17) is 5.73 Å². The van der Waals surface area contributed by atoms with Gasteiger partial charge in [0, 0.05) is 25.9 Å². The number of likely N-dealkylation sites (tertiary alicyclic amines) is 1. The van der Waals surface area contributed by atoms with E-state index in [-0.39, 0.29) is 11.7 Å². The molecule has 0 aromatic heterocycles. The number of carbonyl (C=O) groups excluding carboxylic acids is 2. The molecule has 0 spiro atoms. The summed E-state index contributed by atoms with van der Waals surface area (Å²) in [6, 6.07) is -0.446. The van der Waals surface area contributed by atoms with Gasteiger partial charge in [0.15, 0.2) is 0 Å². The van der Waals surface area contributed by atoms with Crippen molar-refractivity contribution >= 4 is 11.7 Å². The quantitative estimate of drug-likeness (QED) is 0.578. The average Bonchev–Trinajstić information content (AvgIpc) is 2.04. The Hall–Kier alpha value is -0.900. The van der Waals surface area contributed by atoms with Crippen LogP contribution < -0.4 is 5.73 Å². The predicted molar refractivity (Wildman–Crippen MR) is 44.5 cm³/mol. The van der Waals surface area contributed by atoms with Gasteiger partial charge in [0.2, 0.25) is 5.91 Å². The van der Waals surface area contributed by atoms with Gasteiger partial charge in [-0.3, -0.25) is 9.59 Å². The van der Waals surface area contributed by atoms with Crippen molar-refractivity contribution in [1.82, 2.24) is 4.90 Å². The lowest BCUT2D eigenvalue weighted by Gasteiger charge is -2.27. The van der Waals surface area contributed by atoms with Crippen LogP contribution in [0.15, 0.2) is 0 Å². The number of hydrogen-bond acceptors (Lipinski definition) is 3. The largest absolute Gasteiger partial charge is 0.340 e. The zero-order valence-electron chi connectivity index (χ0n) is 7.25. The lowest BCUT2D eigenvalue weighted by atomic mass is 10.1. The fraction of sp³-hybridized carbons (Fsp3) is 0.750. The number of piperidine rings is 1. The van der Waals surface area contributed by atoms with Gasteiger partial charge in [-0.05, 0) is 6.92 Å². The van der Waals surface area contributed by atoms with Crippen LogP contribution in [0.3, 0.4) is 0 Å². The molecule has 1 unspecified atom stereocenters. The van der Waals surface area contributed by atoms with Crippen LogP contribution in [0, 0.1) is 0 Å². The van der Waals surface area contributed by atoms with E-state index in [1.165, 1.54) is 0 Å². The third-order valence-corrected chi connectivity index (χ3v) is 2.02. The van der Waals surface area contributed by atoms with Gasteiger partial charge in [-0.1, -0.05) is 0 Å². The second-order valence-electron chi connectivity index (χ2n) is 3.15. The minimum atomic E-state index is -0.446. The maximum Gasteiger partial charge on any atom is 0.239 e. The van der Waals surface area contributed by atoms with Crippen molar-refractivity contribution in [3.8, 4) is 0 Å². The molecule has 1 atom stereocenters. The summed E-state index contributed by atoms with van der Waals surface area (Å²) in [5.41, 5.74) is 5.43. The minimum absolute atomic E-state index is 0.0532. The standard InChI is InChI=1S/C8H14N2O2/c1-6(9)8(12)10-4-2-7(11)3-5-10/h6H,2-5,9H2,1H3. The van der Waals surface area contributed by atoms with Gasteiger partial charge in [-0.15, -0.1) is 0 Å². The van der Waals surface area contributed by atoms with Gasteiger partial charge in [-0.25, -0.2) is 0 Å². The average molecular weight is 170 g/mol. The SMILES string of the molecule is CC(N)C(=O)N1CCC(=O)CC1. The van der Waals surface area contributed by atoms with Gasteiger partial charge < -0.3 is 10.6 Å². The molecule has 1 heterocycles. The third-order valence-electron chi connectivity index (χ3n) is 2.02. The fourth-order valence-corrected chi connectivity index (χ4v) is 1.26. The first-order chi connectivity index (χ1) is 5.61. The summed E-state index contributed by atoms with van der Waals surface area (Å²) in [6.07, 6.45) is 0.969. The summed E-state index contributed by atoms with van der Waals surface area (Å²) in [5.74, 6) is 0.186. The molecule has 0 saturated carbocycles. The molecule has 1 aliphatic heterocycles. The van der Waals surface area contributed by atoms with Crippen molar-refractivity contribution in [2.45, 2.75) is 25.8 Å². The van der Waals surface area contributed by atoms with Gasteiger partial charge in [0.25, 0.3) is 0 Å². The van der Waals surface area contributed by atoms with E-state index in [0.717, 1.165) is 0 Å². The van der Waals surface area contributed by atoms with Crippen LogP contribution in [0.5, 0.6) is 0 Å². The van der Waals surface area contributed by atoms with Crippen LogP contribution in [-0.4, -0.2) is 35.7 Å². The highest BCUT2D eigenvalue weighted by atomic mass is 16.2. The van der Waals surface area contributed by atoms with Gasteiger partial charge >= 0.3 is 0 Å². The fourth-order valence-electron chi connectivity index (χ4n) is 1.26. The van der Waals surface area contributed by atoms with Crippen LogP contribution in [-0.2, 0) is 9.59 Å². The summed E-state index contributed by atoms with van der Waals surface area (Å²) < 4.78 is 0. The van der Waals surface area contributed by atoms with Crippen LogP contribution in [0.2, 0.25) is 0 Å². The molecule has 4 heteroatoms. The highest BCUT2D eigenvalue weighted by molar-refractivity contribution is 5.85. The summed E-state index contributed by atoms with van der Waals surface area (Å²) in [4.78, 5) is 23.8. The topological polar surface area (TPSA) is 63.4 Å². The van der Waals surface area contributed by atoms with Gasteiger partial charge in [0.05, 0.1) is 6.04 Å². The van der Waals surface area contributed by atoms with E-state index in [0.29, 0.717) is 25.9 Å². The zero-order valence-corrected chi connectivity index (χ0v) is 7.25. The smallest absolute Gasteiger partial charge is 0.239 e. The third kappa shape index (κ3) is 2.04. The maximum absolute atomic E-state index is 11.3. The number of Topliss-reactive ketones (excluding diaryl/α,β-unsaturated/α-hetero) is 1. The molecule has 1 fully saturated rings. The molecular weight excluding hydrogens is 156 g/mol. The Bertz CT molecular complexity index is 191. The van der Waals surface area contributed by atoms with Crippen molar-refractivity contribution in [2.24, 2.45) is 5.73 Å². The van der Waals surface area contributed by atoms with Crippen molar-refractivity contribution in [3.63, 3.8) is 0 Å². The van der Waals surface area contributed by atoms with E-state index < -0.39 is 6.04 Å². The second-order valence-corrected chi connectivity index (χ2v) is 3.15. The van der Waals surface area contributed by atoms with Crippen molar-refractivity contribution in [3.05, 3.63) is 0 Å². The molecule has 12 heavy (non-hydrogen) atoms. The summed E-state index contributed by atoms with van der Waals surface area (Å²) in [6.45, 7) is 2.75. The monoisotopic (exact) mass is 170 g/mol. The molecule has 0 radical (unpaired) electrons. The Labute approximate surface area is 71.7 Å². The number of nitrogens with zero attached hydrogens (tertiary/aromatic N) is 1. The lowest BCUT2D eigenvalue weighted by Crippen LogP contribution is -2.46. The Morgan fingerprint density at radius 3 is 2.42 bits per heavy atom. The molecule has 1 rings (SSSR count). The molecule has 0 aliphatic carbocycles. The molecule has 2 N–H and O–H groups in total. The zero-order chi connectivity index (χ0) is 9.14. The Morgan fingerprint density at radius 1 is 1.50 bits per heavy atom. The second kappa shape index (κ2) is 3.67. The molecule has 1 aliphatic rings. The summed E-state index contributed by atoms with van der Waals surface area (Å²) >= 11 is 0. The number of rotatable bonds is 1. The van der Waals surface area contributed by atoms with Crippen LogP contribution in [0.25, 0.3) is 0 Å². The highest BCUT2D eigenvalue weighted by Gasteiger charge is 2.22. The first kappa shape index (κ1) is 9.19. The van der Waals surface area contributed by atoms with Crippen LogP contribution in [0.4, 0.5) is 0 Å². The molecular formula is C8H14N2O2.